The molecule has 0 unspecified atom stereocenters. The Balaban J connectivity index is 1.85. The summed E-state index contributed by atoms with van der Waals surface area (Å²) in [6.45, 7) is 9.32. The van der Waals surface area contributed by atoms with Crippen molar-refractivity contribution in [2.45, 2.75) is 77.6 Å². The average Bonchev–Trinajstić information content (AvgIpc) is 2.82. The van der Waals surface area contributed by atoms with E-state index in [1.54, 1.807) is 0 Å². The van der Waals surface area contributed by atoms with Crippen molar-refractivity contribution < 1.29 is 29.6 Å². The van der Waals surface area contributed by atoms with Gasteiger partial charge in [0.25, 0.3) is 0 Å². The quantitative estimate of drug-likeness (QED) is 0.493. The van der Waals surface area contributed by atoms with Crippen molar-refractivity contribution in [1.29, 1.82) is 0 Å². The molecule has 6 heteroatoms. The number of aliphatic hydroxyl groups is 2. The molecule has 156 valence electrons. The highest BCUT2D eigenvalue weighted by atomic mass is 16.5. The molecule has 9 atom stereocenters. The molecule has 0 amide bonds. The molecule has 28 heavy (non-hydrogen) atoms. The number of hydrogen-bond donors (Lipinski definition) is 3. The molecule has 0 aromatic carbocycles. The molecule has 4 aliphatic carbocycles. The lowest BCUT2D eigenvalue weighted by atomic mass is 9.39. The molecule has 4 rings (SSSR count). The van der Waals surface area contributed by atoms with E-state index in [1.165, 1.54) is 6.92 Å². The van der Waals surface area contributed by atoms with Crippen LogP contribution in [0, 0.1) is 34.0 Å². The molecule has 0 saturated heterocycles. The Hall–Kier alpha value is -1.40. The van der Waals surface area contributed by atoms with Crippen molar-refractivity contribution in [3.05, 3.63) is 12.2 Å². The van der Waals surface area contributed by atoms with Crippen LogP contribution in [0.2, 0.25) is 0 Å². The number of ether oxygens (including phenoxy) is 1. The van der Waals surface area contributed by atoms with Gasteiger partial charge in [0.15, 0.2) is 0 Å². The van der Waals surface area contributed by atoms with Gasteiger partial charge in [-0.05, 0) is 62.9 Å². The van der Waals surface area contributed by atoms with Crippen LogP contribution in [0.5, 0.6) is 0 Å². The maximum Gasteiger partial charge on any atom is 0.309 e. The minimum atomic E-state index is -0.907. The molecule has 0 radical (unpaired) electrons. The zero-order valence-corrected chi connectivity index (χ0v) is 17.0. The zero-order chi connectivity index (χ0) is 20.6. The zero-order valence-electron chi connectivity index (χ0n) is 17.0. The van der Waals surface area contributed by atoms with Gasteiger partial charge in [0.2, 0.25) is 0 Å². The van der Waals surface area contributed by atoms with E-state index in [0.29, 0.717) is 37.7 Å². The molecule has 0 aromatic rings. The first-order valence-corrected chi connectivity index (χ1v) is 10.4. The molecule has 2 bridgehead atoms. The topological polar surface area (TPSA) is 104 Å². The number of aliphatic hydroxyl groups excluding tert-OH is 2. The summed E-state index contributed by atoms with van der Waals surface area (Å²) in [6, 6.07) is 0. The lowest BCUT2D eigenvalue weighted by Gasteiger charge is -2.65. The van der Waals surface area contributed by atoms with Crippen LogP contribution in [0.4, 0.5) is 0 Å². The van der Waals surface area contributed by atoms with Crippen molar-refractivity contribution in [1.82, 2.24) is 0 Å². The number of rotatable bonds is 2. The number of aliphatic carboxylic acids is 1. The van der Waals surface area contributed by atoms with Crippen LogP contribution in [-0.2, 0) is 14.3 Å². The second-order valence-corrected chi connectivity index (χ2v) is 10.2. The van der Waals surface area contributed by atoms with Crippen molar-refractivity contribution in [2.24, 2.45) is 34.0 Å². The third kappa shape index (κ3) is 2.28. The largest absolute Gasteiger partial charge is 0.481 e. The fourth-order valence-corrected chi connectivity index (χ4v) is 7.85. The van der Waals surface area contributed by atoms with Gasteiger partial charge in [-0.15, -0.1) is 0 Å². The van der Waals surface area contributed by atoms with Crippen LogP contribution in [0.1, 0.15) is 59.3 Å². The van der Waals surface area contributed by atoms with Gasteiger partial charge in [0.05, 0.1) is 17.6 Å². The molecule has 6 nitrogen and oxygen atoms in total. The highest BCUT2D eigenvalue weighted by molar-refractivity contribution is 5.75. The first kappa shape index (κ1) is 19.9. The minimum Gasteiger partial charge on any atom is -0.481 e. The van der Waals surface area contributed by atoms with Crippen LogP contribution in [0.25, 0.3) is 0 Å². The minimum absolute atomic E-state index is 0.104. The second-order valence-electron chi connectivity index (χ2n) is 10.2. The molecule has 4 aliphatic rings. The molecule has 4 fully saturated rings. The van der Waals surface area contributed by atoms with E-state index in [4.69, 9.17) is 4.74 Å². The Morgan fingerprint density at radius 3 is 2.43 bits per heavy atom. The van der Waals surface area contributed by atoms with Gasteiger partial charge < -0.3 is 20.1 Å². The van der Waals surface area contributed by atoms with Crippen LogP contribution < -0.4 is 0 Å². The van der Waals surface area contributed by atoms with Gasteiger partial charge in [-0.25, -0.2) is 0 Å². The first-order valence-electron chi connectivity index (χ1n) is 10.4. The third-order valence-electron chi connectivity index (χ3n) is 9.19. The van der Waals surface area contributed by atoms with E-state index in [-0.39, 0.29) is 23.7 Å². The molecule has 3 N–H and O–H groups in total. The molecule has 4 saturated carbocycles. The summed E-state index contributed by atoms with van der Waals surface area (Å²) in [6.07, 6.45) is 1.78. The van der Waals surface area contributed by atoms with Gasteiger partial charge in [-0.2, -0.15) is 0 Å². The number of carbonyl (C=O) groups excluding carboxylic acids is 1. The predicted molar refractivity (Wildman–Crippen MR) is 101 cm³/mol. The van der Waals surface area contributed by atoms with Gasteiger partial charge in [0, 0.05) is 23.7 Å². The molecule has 0 aromatic heterocycles. The van der Waals surface area contributed by atoms with Crippen LogP contribution in [0.15, 0.2) is 12.2 Å². The number of fused-ring (bicyclic) bond motifs is 3. The summed E-state index contributed by atoms with van der Waals surface area (Å²) in [4.78, 5) is 24.2. The Bertz CT molecular complexity index is 733. The Morgan fingerprint density at radius 2 is 1.82 bits per heavy atom. The van der Waals surface area contributed by atoms with Crippen LogP contribution in [-0.4, -0.2) is 45.6 Å². The van der Waals surface area contributed by atoms with E-state index in [0.717, 1.165) is 6.42 Å². The number of carboxylic acids is 1. The summed E-state index contributed by atoms with van der Waals surface area (Å²) in [7, 11) is 0. The van der Waals surface area contributed by atoms with Crippen molar-refractivity contribution in [3.8, 4) is 0 Å². The summed E-state index contributed by atoms with van der Waals surface area (Å²) in [5.74, 6) is -1.59. The van der Waals surface area contributed by atoms with Crippen LogP contribution >= 0.6 is 0 Å². The van der Waals surface area contributed by atoms with E-state index in [2.05, 4.69) is 6.58 Å². The second kappa shape index (κ2) is 6.05. The molecular formula is C22H32O6. The lowest BCUT2D eigenvalue weighted by Crippen LogP contribution is -2.66. The van der Waals surface area contributed by atoms with E-state index >= 15 is 0 Å². The molecular weight excluding hydrogens is 360 g/mol. The predicted octanol–water partition coefficient (Wildman–Crippen LogP) is 2.52. The Morgan fingerprint density at radius 1 is 1.14 bits per heavy atom. The first-order chi connectivity index (χ1) is 13.0. The highest BCUT2D eigenvalue weighted by Crippen LogP contribution is 2.72. The monoisotopic (exact) mass is 392 g/mol. The maximum absolute atomic E-state index is 12.3. The third-order valence-corrected chi connectivity index (χ3v) is 9.19. The SMILES string of the molecule is C=C1[C@H]2C[C@@]3(CC[C@H]4[C@@](C)([C@@H](OC(C)=O)CC[C@@]4(C)C(=O)O)[C@@H]3C[C@H]2O)[C@@H]1O. The van der Waals surface area contributed by atoms with Gasteiger partial charge in [-0.1, -0.05) is 13.5 Å². The summed E-state index contributed by atoms with van der Waals surface area (Å²) in [5.41, 5.74) is -1.23. The van der Waals surface area contributed by atoms with Gasteiger partial charge in [0.1, 0.15) is 6.10 Å². The molecule has 1 spiro atoms. The Kier molecular flexibility index (Phi) is 4.30. The van der Waals surface area contributed by atoms with Gasteiger partial charge in [-0.3, -0.25) is 9.59 Å². The smallest absolute Gasteiger partial charge is 0.309 e. The lowest BCUT2D eigenvalue weighted by molar-refractivity contribution is -0.235. The van der Waals surface area contributed by atoms with E-state index < -0.39 is 40.5 Å². The van der Waals surface area contributed by atoms with E-state index in [9.17, 15) is 24.9 Å². The summed E-state index contributed by atoms with van der Waals surface area (Å²) < 4.78 is 5.77. The highest BCUT2D eigenvalue weighted by Gasteiger charge is 2.71. The van der Waals surface area contributed by atoms with Crippen molar-refractivity contribution in [3.63, 3.8) is 0 Å². The van der Waals surface area contributed by atoms with Crippen molar-refractivity contribution >= 4 is 11.9 Å². The molecule has 0 aliphatic heterocycles. The van der Waals surface area contributed by atoms with Crippen LogP contribution in [0.3, 0.4) is 0 Å². The maximum atomic E-state index is 12.3. The summed E-state index contributed by atoms with van der Waals surface area (Å²) in [5, 5.41) is 32.1. The molecule has 0 heterocycles. The number of esters is 1. The van der Waals surface area contributed by atoms with Gasteiger partial charge >= 0.3 is 11.9 Å². The van der Waals surface area contributed by atoms with E-state index in [1.807, 2.05) is 13.8 Å². The van der Waals surface area contributed by atoms with Crippen molar-refractivity contribution in [2.75, 3.05) is 0 Å². The fourth-order valence-electron chi connectivity index (χ4n) is 7.85. The number of carbonyl (C=O) groups is 2. The number of hydrogen-bond acceptors (Lipinski definition) is 5. The number of carboxylic acid groups (broad SMARTS) is 1. The standard InChI is InChI=1S/C22H32O6/c1-11-13-10-22(18(11)25)8-5-15-20(3,19(26)27)7-6-17(28-12(2)23)21(15,4)16(22)9-14(13)24/h13-18,24-25H,1,5-10H2,2-4H3,(H,26,27)/t13-,14-,15-,16+,17+,18-,20-,21-,22-/m1/s1. The normalized spacial score (nSPS) is 52.5. The average molecular weight is 392 g/mol. The fraction of sp³-hybridized carbons (Fsp3) is 0.818. The summed E-state index contributed by atoms with van der Waals surface area (Å²) >= 11 is 0. The Labute approximate surface area is 166 Å².